The number of oxazole rings is 1. The fourth-order valence-electron chi connectivity index (χ4n) is 2.79. The maximum Gasteiger partial charge on any atom is 0.203 e. The van der Waals surface area contributed by atoms with E-state index in [0.717, 1.165) is 18.7 Å². The van der Waals surface area contributed by atoms with Crippen molar-refractivity contribution in [1.29, 1.82) is 0 Å². The number of para-hydroxylation sites is 1. The molecule has 4 rings (SSSR count). The number of rotatable bonds is 1. The molecule has 3 aromatic rings. The van der Waals surface area contributed by atoms with Crippen molar-refractivity contribution in [3.8, 4) is 0 Å². The van der Waals surface area contributed by atoms with Crippen LogP contribution in [0.3, 0.4) is 0 Å². The van der Waals surface area contributed by atoms with Crippen molar-refractivity contribution in [1.82, 2.24) is 4.98 Å². The Hall–Kier alpha value is -2.36. The second-order valence-corrected chi connectivity index (χ2v) is 5.02. The van der Waals surface area contributed by atoms with E-state index in [1.807, 2.05) is 12.1 Å². The summed E-state index contributed by atoms with van der Waals surface area (Å²) in [5, 5.41) is 3.38. The molecular weight excluding hydrogens is 255 g/mol. The molecule has 100 valence electrons. The van der Waals surface area contributed by atoms with Crippen LogP contribution in [0.25, 0.3) is 11.1 Å². The summed E-state index contributed by atoms with van der Waals surface area (Å²) in [6.07, 6.45) is 0.923. The van der Waals surface area contributed by atoms with Crippen molar-refractivity contribution < 1.29 is 8.81 Å². The summed E-state index contributed by atoms with van der Waals surface area (Å²) in [7, 11) is 0. The van der Waals surface area contributed by atoms with Crippen LogP contribution in [0.1, 0.15) is 23.8 Å². The van der Waals surface area contributed by atoms with Gasteiger partial charge in [0.1, 0.15) is 11.3 Å². The highest BCUT2D eigenvalue weighted by Gasteiger charge is 2.25. The fourth-order valence-corrected chi connectivity index (χ4v) is 2.79. The SMILES string of the molecule is Fc1ccc2nc(C3CCNc4ccccc43)oc2c1. The predicted octanol–water partition coefficient (Wildman–Crippen LogP) is 3.91. The van der Waals surface area contributed by atoms with Gasteiger partial charge in [0.15, 0.2) is 5.58 Å². The molecule has 2 heterocycles. The molecule has 0 amide bonds. The van der Waals surface area contributed by atoms with Gasteiger partial charge < -0.3 is 9.73 Å². The van der Waals surface area contributed by atoms with Crippen molar-refractivity contribution >= 4 is 16.8 Å². The third-order valence-electron chi connectivity index (χ3n) is 3.75. The van der Waals surface area contributed by atoms with Gasteiger partial charge in [-0.3, -0.25) is 0 Å². The van der Waals surface area contributed by atoms with Crippen LogP contribution < -0.4 is 5.32 Å². The number of aromatic nitrogens is 1. The second kappa shape index (κ2) is 4.34. The Morgan fingerprint density at radius 3 is 3.05 bits per heavy atom. The summed E-state index contributed by atoms with van der Waals surface area (Å²) in [6.45, 7) is 0.884. The summed E-state index contributed by atoms with van der Waals surface area (Å²) in [5.74, 6) is 0.494. The van der Waals surface area contributed by atoms with Gasteiger partial charge in [-0.1, -0.05) is 18.2 Å². The highest BCUT2D eigenvalue weighted by atomic mass is 19.1. The van der Waals surface area contributed by atoms with Crippen LogP contribution in [-0.4, -0.2) is 11.5 Å². The first-order chi connectivity index (χ1) is 9.81. The maximum absolute atomic E-state index is 13.2. The topological polar surface area (TPSA) is 38.1 Å². The Bertz CT molecular complexity index is 781. The van der Waals surface area contributed by atoms with Crippen LogP contribution in [0, 0.1) is 5.82 Å². The molecule has 0 radical (unpaired) electrons. The van der Waals surface area contributed by atoms with Crippen LogP contribution >= 0.6 is 0 Å². The van der Waals surface area contributed by atoms with E-state index in [2.05, 4.69) is 22.4 Å². The Morgan fingerprint density at radius 2 is 2.10 bits per heavy atom. The quantitative estimate of drug-likeness (QED) is 0.727. The van der Waals surface area contributed by atoms with Crippen LogP contribution in [0.15, 0.2) is 46.9 Å². The number of nitrogens with zero attached hydrogens (tertiary/aromatic N) is 1. The molecule has 2 aromatic carbocycles. The van der Waals surface area contributed by atoms with E-state index in [9.17, 15) is 4.39 Å². The van der Waals surface area contributed by atoms with Gasteiger partial charge in [-0.2, -0.15) is 0 Å². The Kier molecular flexibility index (Phi) is 2.49. The lowest BCUT2D eigenvalue weighted by molar-refractivity contribution is 0.484. The standard InChI is InChI=1S/C16H13FN2O/c17-10-5-6-14-15(9-10)20-16(19-14)12-7-8-18-13-4-2-1-3-11(12)13/h1-6,9,12,18H,7-8H2. The molecule has 0 fully saturated rings. The summed E-state index contributed by atoms with van der Waals surface area (Å²) >= 11 is 0. The fraction of sp³-hybridized carbons (Fsp3) is 0.188. The Morgan fingerprint density at radius 1 is 1.20 bits per heavy atom. The minimum atomic E-state index is -0.300. The first-order valence-electron chi connectivity index (χ1n) is 6.70. The van der Waals surface area contributed by atoms with E-state index < -0.39 is 0 Å². The number of nitrogens with one attached hydrogen (secondary N) is 1. The molecule has 4 heteroatoms. The zero-order valence-corrected chi connectivity index (χ0v) is 10.8. The molecule has 1 atom stereocenters. The molecule has 0 saturated heterocycles. The molecular formula is C16H13FN2O. The minimum absolute atomic E-state index is 0.128. The number of hydrogen-bond acceptors (Lipinski definition) is 3. The van der Waals surface area contributed by atoms with Crippen molar-refractivity contribution in [3.63, 3.8) is 0 Å². The highest BCUT2D eigenvalue weighted by Crippen LogP contribution is 2.36. The third-order valence-corrected chi connectivity index (χ3v) is 3.75. The summed E-state index contributed by atoms with van der Waals surface area (Å²) in [4.78, 5) is 4.52. The zero-order valence-electron chi connectivity index (χ0n) is 10.8. The lowest BCUT2D eigenvalue weighted by Crippen LogP contribution is -2.17. The smallest absolute Gasteiger partial charge is 0.203 e. The second-order valence-electron chi connectivity index (χ2n) is 5.02. The number of fused-ring (bicyclic) bond motifs is 2. The van der Waals surface area contributed by atoms with Crippen molar-refractivity contribution in [2.24, 2.45) is 0 Å². The normalized spacial score (nSPS) is 17.8. The Labute approximate surface area is 115 Å². The van der Waals surface area contributed by atoms with Gasteiger partial charge in [0.05, 0.1) is 5.92 Å². The molecule has 1 unspecified atom stereocenters. The van der Waals surface area contributed by atoms with Crippen LogP contribution in [0.4, 0.5) is 10.1 Å². The minimum Gasteiger partial charge on any atom is -0.440 e. The first kappa shape index (κ1) is 11.5. The van der Waals surface area contributed by atoms with Gasteiger partial charge in [-0.05, 0) is 30.2 Å². The van der Waals surface area contributed by atoms with Crippen LogP contribution in [0.5, 0.6) is 0 Å². The molecule has 3 nitrogen and oxygen atoms in total. The lowest BCUT2D eigenvalue weighted by atomic mass is 9.91. The molecule has 0 spiro atoms. The molecule has 0 saturated carbocycles. The van der Waals surface area contributed by atoms with Crippen molar-refractivity contribution in [2.75, 3.05) is 11.9 Å². The maximum atomic E-state index is 13.2. The van der Waals surface area contributed by atoms with Crippen molar-refractivity contribution in [3.05, 3.63) is 59.7 Å². The number of halogens is 1. The molecule has 20 heavy (non-hydrogen) atoms. The van der Waals surface area contributed by atoms with E-state index in [1.165, 1.54) is 17.7 Å². The molecule has 1 aliphatic heterocycles. The molecule has 0 bridgehead atoms. The summed E-state index contributed by atoms with van der Waals surface area (Å²) in [6, 6.07) is 12.6. The summed E-state index contributed by atoms with van der Waals surface area (Å²) in [5.41, 5.74) is 3.52. The van der Waals surface area contributed by atoms with Crippen LogP contribution in [-0.2, 0) is 0 Å². The van der Waals surface area contributed by atoms with Gasteiger partial charge in [0.2, 0.25) is 5.89 Å². The monoisotopic (exact) mass is 268 g/mol. The van der Waals surface area contributed by atoms with Crippen LogP contribution in [0.2, 0.25) is 0 Å². The lowest BCUT2D eigenvalue weighted by Gasteiger charge is -2.24. The zero-order chi connectivity index (χ0) is 13.5. The largest absolute Gasteiger partial charge is 0.440 e. The first-order valence-corrected chi connectivity index (χ1v) is 6.70. The highest BCUT2D eigenvalue weighted by molar-refractivity contribution is 5.72. The predicted molar refractivity (Wildman–Crippen MR) is 75.4 cm³/mol. The van der Waals surface area contributed by atoms with Gasteiger partial charge >= 0.3 is 0 Å². The van der Waals surface area contributed by atoms with E-state index in [0.29, 0.717) is 17.0 Å². The van der Waals surface area contributed by atoms with Gasteiger partial charge in [0.25, 0.3) is 0 Å². The third kappa shape index (κ3) is 1.76. The average molecular weight is 268 g/mol. The average Bonchev–Trinajstić information content (AvgIpc) is 2.89. The Balaban J connectivity index is 1.84. The number of benzene rings is 2. The van der Waals surface area contributed by atoms with E-state index in [1.54, 1.807) is 6.07 Å². The van der Waals surface area contributed by atoms with Gasteiger partial charge in [0, 0.05) is 18.3 Å². The molecule has 0 aliphatic carbocycles. The number of hydrogen-bond donors (Lipinski definition) is 1. The van der Waals surface area contributed by atoms with Crippen molar-refractivity contribution in [2.45, 2.75) is 12.3 Å². The van der Waals surface area contributed by atoms with Gasteiger partial charge in [-0.15, -0.1) is 0 Å². The van der Waals surface area contributed by atoms with E-state index in [4.69, 9.17) is 4.42 Å². The summed E-state index contributed by atoms with van der Waals surface area (Å²) < 4.78 is 19.0. The molecule has 1 N–H and O–H groups in total. The molecule has 1 aromatic heterocycles. The number of anilines is 1. The van der Waals surface area contributed by atoms with Gasteiger partial charge in [-0.25, -0.2) is 9.37 Å². The molecule has 1 aliphatic rings. The van der Waals surface area contributed by atoms with E-state index in [-0.39, 0.29) is 11.7 Å². The van der Waals surface area contributed by atoms with E-state index >= 15 is 0 Å².